The molecule has 3 heterocycles. The van der Waals surface area contributed by atoms with Gasteiger partial charge in [-0.15, -0.1) is 11.3 Å². The zero-order chi connectivity index (χ0) is 15.7. The summed E-state index contributed by atoms with van der Waals surface area (Å²) in [5.74, 6) is -1.16. The maximum Gasteiger partial charge on any atom is 0.324 e. The normalized spacial score (nSPS) is 16.9. The van der Waals surface area contributed by atoms with E-state index in [1.54, 1.807) is 18.4 Å². The van der Waals surface area contributed by atoms with Crippen molar-refractivity contribution >= 4 is 28.9 Å². The molecule has 0 aromatic carbocycles. The van der Waals surface area contributed by atoms with Crippen LogP contribution in [0.15, 0.2) is 40.7 Å². The van der Waals surface area contributed by atoms with Gasteiger partial charge in [0.1, 0.15) is 6.54 Å². The molecule has 0 radical (unpaired) electrons. The molecule has 3 N–H and O–H groups in total. The maximum absolute atomic E-state index is 12.1. The third kappa shape index (κ3) is 2.49. The first-order valence-electron chi connectivity index (χ1n) is 6.36. The molecule has 22 heavy (non-hydrogen) atoms. The average molecular weight is 320 g/mol. The Labute approximate surface area is 129 Å². The van der Waals surface area contributed by atoms with Gasteiger partial charge in [0.25, 0.3) is 0 Å². The van der Waals surface area contributed by atoms with Crippen molar-refractivity contribution in [2.75, 3.05) is 6.54 Å². The molecule has 0 aliphatic carbocycles. The molecule has 1 unspecified atom stereocenters. The fraction of sp³-hybridized carbons (Fsp3) is 0.143. The molecule has 8 heteroatoms. The Morgan fingerprint density at radius 3 is 2.91 bits per heavy atom. The summed E-state index contributed by atoms with van der Waals surface area (Å²) in [6.45, 7) is -0.520. The Kier molecular flexibility index (Phi) is 3.70. The number of carbonyl (C=O) groups excluding carboxylic acids is 1. The third-order valence-electron chi connectivity index (χ3n) is 3.21. The van der Waals surface area contributed by atoms with Crippen LogP contribution in [0.4, 0.5) is 4.79 Å². The van der Waals surface area contributed by atoms with Gasteiger partial charge in [-0.1, -0.05) is 0 Å². The van der Waals surface area contributed by atoms with E-state index in [2.05, 4.69) is 5.32 Å². The number of nitrogens with zero attached hydrogens (tertiary/aromatic N) is 1. The Morgan fingerprint density at radius 1 is 1.41 bits per heavy atom. The molecule has 114 valence electrons. The van der Waals surface area contributed by atoms with E-state index < -0.39 is 24.8 Å². The van der Waals surface area contributed by atoms with Gasteiger partial charge in [0.05, 0.1) is 12.5 Å². The lowest BCUT2D eigenvalue weighted by Crippen LogP contribution is -2.42. The number of urea groups is 1. The van der Waals surface area contributed by atoms with Gasteiger partial charge >= 0.3 is 12.0 Å². The van der Waals surface area contributed by atoms with Crippen LogP contribution in [0, 0.1) is 0 Å². The number of aliphatic hydroxyl groups is 1. The lowest BCUT2D eigenvalue weighted by atomic mass is 10.0. The van der Waals surface area contributed by atoms with E-state index >= 15 is 0 Å². The van der Waals surface area contributed by atoms with Gasteiger partial charge in [0, 0.05) is 27.8 Å². The number of aliphatic hydroxyl groups excluding tert-OH is 1. The van der Waals surface area contributed by atoms with E-state index in [1.165, 1.54) is 23.8 Å². The minimum atomic E-state index is -1.16. The van der Waals surface area contributed by atoms with Crippen LogP contribution in [0.1, 0.15) is 22.2 Å². The van der Waals surface area contributed by atoms with Gasteiger partial charge in [-0.25, -0.2) is 4.79 Å². The van der Waals surface area contributed by atoms with Crippen LogP contribution >= 0.6 is 11.3 Å². The maximum atomic E-state index is 12.1. The number of furan rings is 1. The van der Waals surface area contributed by atoms with E-state index in [4.69, 9.17) is 9.52 Å². The van der Waals surface area contributed by atoms with E-state index in [9.17, 15) is 14.7 Å². The summed E-state index contributed by atoms with van der Waals surface area (Å²) in [6, 6.07) is 2.79. The minimum Gasteiger partial charge on any atom is -0.480 e. The predicted octanol–water partition coefficient (Wildman–Crippen LogP) is 1.83. The molecule has 0 saturated carbocycles. The number of aliphatic carboxylic acids is 1. The average Bonchev–Trinajstić information content (AvgIpc) is 3.16. The summed E-state index contributed by atoms with van der Waals surface area (Å²) in [6.07, 6.45) is 3.39. The molecule has 1 aliphatic heterocycles. The molecular weight excluding hydrogens is 308 g/mol. The van der Waals surface area contributed by atoms with Gasteiger partial charge < -0.3 is 19.9 Å². The van der Waals surface area contributed by atoms with Crippen molar-refractivity contribution in [2.45, 2.75) is 6.23 Å². The number of fused-ring (bicyclic) bond motifs is 1. The minimum absolute atomic E-state index is 0.520. The van der Waals surface area contributed by atoms with Crippen LogP contribution < -0.4 is 5.32 Å². The molecule has 0 fully saturated rings. The van der Waals surface area contributed by atoms with Crippen molar-refractivity contribution in [1.82, 2.24) is 10.2 Å². The van der Waals surface area contributed by atoms with Gasteiger partial charge in [0.15, 0.2) is 6.23 Å². The highest BCUT2D eigenvalue weighted by Gasteiger charge is 2.31. The number of amides is 2. The fourth-order valence-corrected chi connectivity index (χ4v) is 3.15. The number of hydrogen-bond acceptors (Lipinski definition) is 5. The molecule has 7 nitrogen and oxygen atoms in total. The molecule has 0 bridgehead atoms. The molecular formula is C14H12N2O5S. The van der Waals surface area contributed by atoms with Crippen molar-refractivity contribution in [3.05, 3.63) is 52.2 Å². The van der Waals surface area contributed by atoms with Crippen molar-refractivity contribution in [3.63, 3.8) is 0 Å². The van der Waals surface area contributed by atoms with Crippen LogP contribution in [0.3, 0.4) is 0 Å². The monoisotopic (exact) mass is 320 g/mol. The molecule has 0 saturated heterocycles. The summed E-state index contributed by atoms with van der Waals surface area (Å²) in [7, 11) is 0. The quantitative estimate of drug-likeness (QED) is 0.800. The van der Waals surface area contributed by atoms with Crippen molar-refractivity contribution < 1.29 is 24.2 Å². The van der Waals surface area contributed by atoms with Gasteiger partial charge in [-0.05, 0) is 17.5 Å². The van der Waals surface area contributed by atoms with Gasteiger partial charge in [-0.2, -0.15) is 0 Å². The standard InChI is InChI=1S/C14H12N2O5S/c17-11(18)5-15-14(20)16-6-10(8-1-3-21-7-8)12-9(13(16)19)2-4-22-12/h1-4,6-7,13,19H,5H2,(H,15,20)(H,17,18). The topological polar surface area (TPSA) is 103 Å². The molecule has 2 amide bonds. The number of thiophene rings is 1. The van der Waals surface area contributed by atoms with Crippen LogP contribution in [0.5, 0.6) is 0 Å². The number of carboxylic acids is 1. The van der Waals surface area contributed by atoms with Crippen molar-refractivity contribution in [3.8, 4) is 0 Å². The molecule has 1 aliphatic rings. The number of rotatable bonds is 3. The third-order valence-corrected chi connectivity index (χ3v) is 4.17. The number of carbonyl (C=O) groups is 2. The van der Waals surface area contributed by atoms with E-state index in [0.29, 0.717) is 5.56 Å². The first kappa shape index (κ1) is 14.4. The fourth-order valence-electron chi connectivity index (χ4n) is 2.20. The Hall–Kier alpha value is -2.58. The zero-order valence-electron chi connectivity index (χ0n) is 11.2. The molecule has 1 atom stereocenters. The number of carboxylic acid groups (broad SMARTS) is 1. The van der Waals surface area contributed by atoms with E-state index in [-0.39, 0.29) is 0 Å². The summed E-state index contributed by atoms with van der Waals surface area (Å²) < 4.78 is 5.07. The highest BCUT2D eigenvalue weighted by Crippen LogP contribution is 2.40. The molecule has 3 rings (SSSR count). The first-order chi connectivity index (χ1) is 10.6. The second kappa shape index (κ2) is 5.66. The molecule has 0 spiro atoms. The first-order valence-corrected chi connectivity index (χ1v) is 7.24. The van der Waals surface area contributed by atoms with Gasteiger partial charge in [0.2, 0.25) is 0 Å². The summed E-state index contributed by atoms with van der Waals surface area (Å²) in [5, 5.41) is 23.0. The van der Waals surface area contributed by atoms with E-state index in [0.717, 1.165) is 20.9 Å². The highest BCUT2D eigenvalue weighted by molar-refractivity contribution is 7.11. The van der Waals surface area contributed by atoms with Crippen LogP contribution in [0.2, 0.25) is 0 Å². The summed E-state index contributed by atoms with van der Waals surface area (Å²) >= 11 is 1.45. The van der Waals surface area contributed by atoms with Crippen molar-refractivity contribution in [2.24, 2.45) is 0 Å². The van der Waals surface area contributed by atoms with Crippen LogP contribution in [-0.2, 0) is 4.79 Å². The Bertz CT molecular complexity index is 734. The summed E-state index contributed by atoms with van der Waals surface area (Å²) in [4.78, 5) is 24.6. The van der Waals surface area contributed by atoms with Crippen LogP contribution in [0.25, 0.3) is 5.57 Å². The van der Waals surface area contributed by atoms with Crippen molar-refractivity contribution in [1.29, 1.82) is 0 Å². The lowest BCUT2D eigenvalue weighted by molar-refractivity contribution is -0.135. The Morgan fingerprint density at radius 2 is 2.23 bits per heavy atom. The number of nitrogens with one attached hydrogen (secondary N) is 1. The van der Waals surface area contributed by atoms with Gasteiger partial charge in [-0.3, -0.25) is 9.69 Å². The zero-order valence-corrected chi connectivity index (χ0v) is 12.0. The largest absolute Gasteiger partial charge is 0.480 e. The molecule has 2 aromatic rings. The SMILES string of the molecule is O=C(O)CNC(=O)N1C=C(c2ccoc2)c2sccc2C1O. The smallest absolute Gasteiger partial charge is 0.324 e. The number of hydrogen-bond donors (Lipinski definition) is 3. The lowest BCUT2D eigenvalue weighted by Gasteiger charge is -2.30. The second-order valence-electron chi connectivity index (χ2n) is 4.59. The Balaban J connectivity index is 1.96. The summed E-state index contributed by atoms with van der Waals surface area (Å²) in [5.41, 5.74) is 2.09. The predicted molar refractivity (Wildman–Crippen MR) is 77.9 cm³/mol. The van der Waals surface area contributed by atoms with E-state index in [1.807, 2.05) is 5.38 Å². The van der Waals surface area contributed by atoms with Crippen LogP contribution in [-0.4, -0.2) is 33.7 Å². The second-order valence-corrected chi connectivity index (χ2v) is 5.51. The highest BCUT2D eigenvalue weighted by atomic mass is 32.1. The molecule has 2 aromatic heterocycles.